The maximum atomic E-state index is 13.4. The van der Waals surface area contributed by atoms with Gasteiger partial charge >= 0.3 is 0 Å². The minimum absolute atomic E-state index is 0.198. The van der Waals surface area contributed by atoms with Gasteiger partial charge in [-0.2, -0.15) is 0 Å². The van der Waals surface area contributed by atoms with E-state index in [-0.39, 0.29) is 12.2 Å². The van der Waals surface area contributed by atoms with E-state index in [1.165, 1.54) is 6.20 Å². The van der Waals surface area contributed by atoms with Crippen LogP contribution in [0.4, 0.5) is 0 Å². The maximum absolute atomic E-state index is 13.4. The standard InChI is InChI=1S/C28H41N5O4/c1-19(2)16-29-17-23(34)22(15-20-11-7-6-8-12-20)32-27(37)25(28(3,4)5)33-24(35)18-31-26(36)21-13-9-10-14-30-21/h6-14,19,22-23,25,29,34H,15-18H2,1-5H3,(H,31,36)(H,32,37)(H,33,35)/t22-,23+,25+/m0/s1. The Hall–Kier alpha value is -3.30. The highest BCUT2D eigenvalue weighted by molar-refractivity contribution is 5.95. The summed E-state index contributed by atoms with van der Waals surface area (Å²) in [5.74, 6) is -0.959. The molecule has 3 atom stereocenters. The first kappa shape index (κ1) is 29.9. The van der Waals surface area contributed by atoms with E-state index in [2.05, 4.69) is 40.1 Å². The lowest BCUT2D eigenvalue weighted by molar-refractivity contribution is -0.132. The highest BCUT2D eigenvalue weighted by Gasteiger charge is 2.35. The Labute approximate surface area is 219 Å². The molecule has 0 aliphatic carbocycles. The predicted molar refractivity (Wildman–Crippen MR) is 144 cm³/mol. The molecule has 1 aromatic carbocycles. The highest BCUT2D eigenvalue weighted by Crippen LogP contribution is 2.20. The predicted octanol–water partition coefficient (Wildman–Crippen LogP) is 1.68. The third kappa shape index (κ3) is 10.7. The van der Waals surface area contributed by atoms with Gasteiger partial charge < -0.3 is 26.4 Å². The van der Waals surface area contributed by atoms with E-state index in [9.17, 15) is 19.5 Å². The number of hydrogen-bond acceptors (Lipinski definition) is 6. The quantitative estimate of drug-likeness (QED) is 0.278. The third-order valence-electron chi connectivity index (χ3n) is 5.74. The molecule has 1 aromatic heterocycles. The lowest BCUT2D eigenvalue weighted by Crippen LogP contribution is -2.59. The van der Waals surface area contributed by atoms with E-state index in [1.54, 1.807) is 18.2 Å². The number of amides is 3. The van der Waals surface area contributed by atoms with E-state index < -0.39 is 41.3 Å². The smallest absolute Gasteiger partial charge is 0.270 e. The molecule has 5 N–H and O–H groups in total. The van der Waals surface area contributed by atoms with Crippen LogP contribution >= 0.6 is 0 Å². The molecule has 9 heteroatoms. The Bertz CT molecular complexity index is 993. The Morgan fingerprint density at radius 3 is 2.22 bits per heavy atom. The molecule has 37 heavy (non-hydrogen) atoms. The minimum atomic E-state index is -0.888. The van der Waals surface area contributed by atoms with Gasteiger partial charge in [-0.25, -0.2) is 0 Å². The van der Waals surface area contributed by atoms with Crippen LogP contribution in [-0.2, 0) is 16.0 Å². The van der Waals surface area contributed by atoms with Crippen molar-refractivity contribution in [3.8, 4) is 0 Å². The first-order chi connectivity index (χ1) is 17.5. The van der Waals surface area contributed by atoms with E-state index in [0.717, 1.165) is 12.1 Å². The van der Waals surface area contributed by atoms with Crippen LogP contribution in [0.5, 0.6) is 0 Å². The number of aromatic nitrogens is 1. The SMILES string of the molecule is CC(C)CNC[C@@H](O)[C@H](Cc1ccccc1)NC(=O)[C@@H](NC(=O)CNC(=O)c1ccccn1)C(C)(C)C. The molecule has 2 aromatic rings. The summed E-state index contributed by atoms with van der Waals surface area (Å²) in [6.45, 7) is 10.5. The molecule has 0 saturated carbocycles. The maximum Gasteiger partial charge on any atom is 0.270 e. The molecule has 2 rings (SSSR count). The molecule has 0 spiro atoms. The van der Waals surface area contributed by atoms with Crippen LogP contribution in [0.25, 0.3) is 0 Å². The van der Waals surface area contributed by atoms with E-state index in [4.69, 9.17) is 0 Å². The fraction of sp³-hybridized carbons (Fsp3) is 0.500. The van der Waals surface area contributed by atoms with Gasteiger partial charge in [-0.3, -0.25) is 19.4 Å². The summed E-state index contributed by atoms with van der Waals surface area (Å²) in [7, 11) is 0. The van der Waals surface area contributed by atoms with Crippen molar-refractivity contribution in [1.29, 1.82) is 0 Å². The van der Waals surface area contributed by atoms with Crippen molar-refractivity contribution < 1.29 is 19.5 Å². The number of nitrogens with zero attached hydrogens (tertiary/aromatic N) is 1. The zero-order valence-corrected chi connectivity index (χ0v) is 22.5. The average Bonchev–Trinajstić information content (AvgIpc) is 2.85. The molecule has 0 aliphatic rings. The second-order valence-electron chi connectivity index (χ2n) is 10.7. The Morgan fingerprint density at radius 1 is 0.946 bits per heavy atom. The van der Waals surface area contributed by atoms with Crippen molar-refractivity contribution in [3.63, 3.8) is 0 Å². The van der Waals surface area contributed by atoms with Crippen LogP contribution in [-0.4, -0.2) is 65.6 Å². The van der Waals surface area contributed by atoms with Gasteiger partial charge in [0.05, 0.1) is 18.7 Å². The molecule has 202 valence electrons. The van der Waals surface area contributed by atoms with Gasteiger partial charge in [0, 0.05) is 12.7 Å². The fourth-order valence-electron chi connectivity index (χ4n) is 3.72. The summed E-state index contributed by atoms with van der Waals surface area (Å²) in [6, 6.07) is 13.1. The van der Waals surface area contributed by atoms with Crippen LogP contribution in [0, 0.1) is 11.3 Å². The number of rotatable bonds is 13. The normalized spacial score (nSPS) is 13.9. The summed E-state index contributed by atoms with van der Waals surface area (Å²) >= 11 is 0. The topological polar surface area (TPSA) is 132 Å². The van der Waals surface area contributed by atoms with Crippen LogP contribution in [0.1, 0.15) is 50.7 Å². The number of carbonyl (C=O) groups excluding carboxylic acids is 3. The molecule has 0 aliphatic heterocycles. The first-order valence-corrected chi connectivity index (χ1v) is 12.7. The van der Waals surface area contributed by atoms with Crippen LogP contribution < -0.4 is 21.3 Å². The molecule has 9 nitrogen and oxygen atoms in total. The van der Waals surface area contributed by atoms with Crippen molar-refractivity contribution in [2.24, 2.45) is 11.3 Å². The van der Waals surface area contributed by atoms with Crippen LogP contribution in [0.15, 0.2) is 54.7 Å². The van der Waals surface area contributed by atoms with Crippen LogP contribution in [0.3, 0.4) is 0 Å². The van der Waals surface area contributed by atoms with Crippen molar-refractivity contribution in [1.82, 2.24) is 26.3 Å². The zero-order chi connectivity index (χ0) is 27.4. The summed E-state index contributed by atoms with van der Waals surface area (Å²) in [6.07, 6.45) is 1.09. The van der Waals surface area contributed by atoms with E-state index >= 15 is 0 Å². The van der Waals surface area contributed by atoms with Gasteiger partial charge in [0.15, 0.2) is 0 Å². The average molecular weight is 512 g/mol. The molecule has 0 radical (unpaired) electrons. The van der Waals surface area contributed by atoms with Gasteiger partial charge in [0.1, 0.15) is 11.7 Å². The number of carbonyl (C=O) groups is 3. The van der Waals surface area contributed by atoms with Crippen LogP contribution in [0.2, 0.25) is 0 Å². The molecular formula is C28H41N5O4. The van der Waals surface area contributed by atoms with Crippen molar-refractivity contribution in [2.45, 2.75) is 59.2 Å². The number of nitrogens with one attached hydrogen (secondary N) is 4. The van der Waals surface area contributed by atoms with E-state index in [0.29, 0.717) is 18.9 Å². The summed E-state index contributed by atoms with van der Waals surface area (Å²) < 4.78 is 0. The summed E-state index contributed by atoms with van der Waals surface area (Å²) in [5, 5.41) is 22.4. The Balaban J connectivity index is 2.07. The number of aliphatic hydroxyl groups is 1. The summed E-state index contributed by atoms with van der Waals surface area (Å²) in [5.41, 5.74) is 0.552. The zero-order valence-electron chi connectivity index (χ0n) is 22.5. The minimum Gasteiger partial charge on any atom is -0.390 e. The number of aliphatic hydroxyl groups excluding tert-OH is 1. The molecule has 1 heterocycles. The monoisotopic (exact) mass is 511 g/mol. The van der Waals surface area contributed by atoms with Gasteiger partial charge in [-0.15, -0.1) is 0 Å². The molecular weight excluding hydrogens is 470 g/mol. The molecule has 0 bridgehead atoms. The lowest BCUT2D eigenvalue weighted by atomic mass is 9.85. The van der Waals surface area contributed by atoms with Crippen molar-refractivity contribution in [3.05, 3.63) is 66.0 Å². The lowest BCUT2D eigenvalue weighted by Gasteiger charge is -2.33. The third-order valence-corrected chi connectivity index (χ3v) is 5.74. The number of hydrogen-bond donors (Lipinski definition) is 5. The highest BCUT2D eigenvalue weighted by atomic mass is 16.3. The fourth-order valence-corrected chi connectivity index (χ4v) is 3.72. The number of pyridine rings is 1. The van der Waals surface area contributed by atoms with Gasteiger partial charge in [0.25, 0.3) is 5.91 Å². The Kier molecular flexibility index (Phi) is 11.7. The number of benzene rings is 1. The second kappa shape index (κ2) is 14.4. The summed E-state index contributed by atoms with van der Waals surface area (Å²) in [4.78, 5) is 42.3. The molecule has 0 saturated heterocycles. The van der Waals surface area contributed by atoms with E-state index in [1.807, 2.05) is 51.1 Å². The van der Waals surface area contributed by atoms with Crippen molar-refractivity contribution >= 4 is 17.7 Å². The Morgan fingerprint density at radius 2 is 1.62 bits per heavy atom. The molecule has 0 fully saturated rings. The van der Waals surface area contributed by atoms with Gasteiger partial charge in [0.2, 0.25) is 11.8 Å². The van der Waals surface area contributed by atoms with Crippen molar-refractivity contribution in [2.75, 3.05) is 19.6 Å². The molecule has 3 amide bonds. The molecule has 0 unspecified atom stereocenters. The first-order valence-electron chi connectivity index (χ1n) is 12.7. The van der Waals surface area contributed by atoms with Gasteiger partial charge in [-0.05, 0) is 42.0 Å². The van der Waals surface area contributed by atoms with Gasteiger partial charge in [-0.1, -0.05) is 71.0 Å². The second-order valence-corrected chi connectivity index (χ2v) is 10.7. The largest absolute Gasteiger partial charge is 0.390 e.